The second kappa shape index (κ2) is 8.00. The minimum absolute atomic E-state index is 0.0516. The van der Waals surface area contributed by atoms with Gasteiger partial charge in [-0.25, -0.2) is 0 Å². The number of nitrogens with one attached hydrogen (secondary N) is 2. The third-order valence-corrected chi connectivity index (χ3v) is 4.57. The van der Waals surface area contributed by atoms with E-state index in [0.29, 0.717) is 30.9 Å². The van der Waals surface area contributed by atoms with Crippen molar-refractivity contribution in [1.29, 1.82) is 0 Å². The molecule has 0 aliphatic heterocycles. The Hall–Kier alpha value is -2.88. The maximum Gasteiger partial charge on any atom is 0.251 e. The minimum Gasteiger partial charge on any atom is -0.352 e. The van der Waals surface area contributed by atoms with Crippen LogP contribution >= 0.6 is 0 Å². The molecule has 1 aromatic heterocycles. The first-order valence-electron chi connectivity index (χ1n) is 8.99. The summed E-state index contributed by atoms with van der Waals surface area (Å²) in [5.41, 5.74) is 3.65. The molecule has 2 N–H and O–H groups in total. The van der Waals surface area contributed by atoms with Crippen LogP contribution in [-0.4, -0.2) is 10.9 Å². The molecule has 1 heterocycles. The first kappa shape index (κ1) is 17.9. The van der Waals surface area contributed by atoms with Gasteiger partial charge >= 0.3 is 0 Å². The van der Waals surface area contributed by atoms with Crippen molar-refractivity contribution in [1.82, 2.24) is 10.3 Å². The minimum atomic E-state index is -0.120. The van der Waals surface area contributed by atoms with Crippen molar-refractivity contribution in [3.63, 3.8) is 0 Å². The number of rotatable bonds is 6. The van der Waals surface area contributed by atoms with E-state index < -0.39 is 0 Å². The number of H-pyrrole nitrogens is 1. The molecule has 0 bridgehead atoms. The van der Waals surface area contributed by atoms with Gasteiger partial charge in [-0.1, -0.05) is 50.2 Å². The summed E-state index contributed by atoms with van der Waals surface area (Å²) in [6, 6.07) is 17.8. The van der Waals surface area contributed by atoms with Gasteiger partial charge in [0.25, 0.3) is 5.56 Å². The molecule has 1 amide bonds. The molecule has 0 fully saturated rings. The molecule has 0 aliphatic carbocycles. The molecule has 134 valence electrons. The number of hydrogen-bond acceptors (Lipinski definition) is 2. The van der Waals surface area contributed by atoms with E-state index in [4.69, 9.17) is 0 Å². The van der Waals surface area contributed by atoms with Gasteiger partial charge in [-0.2, -0.15) is 0 Å². The van der Waals surface area contributed by atoms with Crippen LogP contribution in [0, 0.1) is 0 Å². The fourth-order valence-corrected chi connectivity index (χ4v) is 2.95. The largest absolute Gasteiger partial charge is 0.352 e. The molecule has 4 heteroatoms. The molecule has 0 aliphatic rings. The van der Waals surface area contributed by atoms with Crippen molar-refractivity contribution in [3.8, 4) is 0 Å². The Morgan fingerprint density at radius 3 is 2.58 bits per heavy atom. The predicted molar refractivity (Wildman–Crippen MR) is 105 cm³/mol. The van der Waals surface area contributed by atoms with Gasteiger partial charge in [-0.3, -0.25) is 9.59 Å². The van der Waals surface area contributed by atoms with Crippen molar-refractivity contribution in [3.05, 3.63) is 81.6 Å². The summed E-state index contributed by atoms with van der Waals surface area (Å²) in [5, 5.41) is 3.91. The molecule has 26 heavy (non-hydrogen) atoms. The van der Waals surface area contributed by atoms with Crippen LogP contribution in [0.5, 0.6) is 0 Å². The van der Waals surface area contributed by atoms with Gasteiger partial charge < -0.3 is 10.3 Å². The fraction of sp³-hybridized carbons (Fsp3) is 0.273. The van der Waals surface area contributed by atoms with E-state index in [-0.39, 0.29) is 11.5 Å². The molecule has 0 radical (unpaired) electrons. The monoisotopic (exact) mass is 348 g/mol. The Kier molecular flexibility index (Phi) is 5.52. The van der Waals surface area contributed by atoms with Gasteiger partial charge in [0, 0.05) is 24.0 Å². The number of carbonyl (C=O) groups excluding carboxylic acids is 1. The van der Waals surface area contributed by atoms with Crippen LogP contribution in [0.1, 0.15) is 42.9 Å². The highest BCUT2D eigenvalue weighted by Crippen LogP contribution is 2.20. The second-order valence-electron chi connectivity index (χ2n) is 6.89. The highest BCUT2D eigenvalue weighted by atomic mass is 16.1. The Labute approximate surface area is 153 Å². The highest BCUT2D eigenvalue weighted by molar-refractivity contribution is 5.80. The Morgan fingerprint density at radius 2 is 1.85 bits per heavy atom. The van der Waals surface area contributed by atoms with E-state index in [1.54, 1.807) is 0 Å². The number of hydrogen-bond donors (Lipinski definition) is 2. The predicted octanol–water partition coefficient (Wildman–Crippen LogP) is 3.90. The van der Waals surface area contributed by atoms with Gasteiger partial charge in [0.05, 0.1) is 0 Å². The van der Waals surface area contributed by atoms with Crippen LogP contribution < -0.4 is 10.9 Å². The molecular weight excluding hydrogens is 324 g/mol. The number of amides is 1. The Bertz CT molecular complexity index is 959. The van der Waals surface area contributed by atoms with Crippen molar-refractivity contribution in [2.75, 3.05) is 0 Å². The molecule has 0 saturated heterocycles. The molecule has 2 aromatic carbocycles. The number of carbonyl (C=O) groups is 1. The maximum atomic E-state index is 12.3. The van der Waals surface area contributed by atoms with E-state index in [1.807, 2.05) is 48.5 Å². The van der Waals surface area contributed by atoms with Crippen LogP contribution in [-0.2, 0) is 17.8 Å². The van der Waals surface area contributed by atoms with Crippen LogP contribution in [0.15, 0.2) is 59.4 Å². The normalized spacial score (nSPS) is 11.0. The summed E-state index contributed by atoms with van der Waals surface area (Å²) in [5.74, 6) is 0.378. The lowest BCUT2D eigenvalue weighted by molar-refractivity contribution is -0.121. The maximum absolute atomic E-state index is 12.3. The lowest BCUT2D eigenvalue weighted by Gasteiger charge is -2.09. The molecule has 3 aromatic rings. The van der Waals surface area contributed by atoms with E-state index >= 15 is 0 Å². The summed E-state index contributed by atoms with van der Waals surface area (Å²) >= 11 is 0. The van der Waals surface area contributed by atoms with Crippen LogP contribution in [0.3, 0.4) is 0 Å². The molecule has 0 atom stereocenters. The molecule has 3 rings (SSSR count). The molecule has 0 unspecified atom stereocenters. The van der Waals surface area contributed by atoms with Gasteiger partial charge in [-0.15, -0.1) is 0 Å². The Morgan fingerprint density at radius 1 is 1.08 bits per heavy atom. The highest BCUT2D eigenvalue weighted by Gasteiger charge is 2.08. The topological polar surface area (TPSA) is 62.0 Å². The van der Waals surface area contributed by atoms with E-state index in [9.17, 15) is 9.59 Å². The number of fused-ring (bicyclic) bond motifs is 1. The number of benzene rings is 2. The number of aryl methyl sites for hydroxylation is 1. The lowest BCUT2D eigenvalue weighted by Crippen LogP contribution is -2.24. The quantitative estimate of drug-likeness (QED) is 0.710. The molecule has 0 spiro atoms. The average Bonchev–Trinajstić information content (AvgIpc) is 2.65. The summed E-state index contributed by atoms with van der Waals surface area (Å²) in [4.78, 5) is 27.3. The van der Waals surface area contributed by atoms with Crippen molar-refractivity contribution < 1.29 is 4.79 Å². The van der Waals surface area contributed by atoms with Gasteiger partial charge in [0.1, 0.15) is 0 Å². The first-order valence-corrected chi connectivity index (χ1v) is 8.99. The van der Waals surface area contributed by atoms with Gasteiger partial charge in [0.15, 0.2) is 0 Å². The molecular formula is C22H24N2O2. The molecule has 0 saturated carbocycles. The summed E-state index contributed by atoms with van der Waals surface area (Å²) < 4.78 is 0. The van der Waals surface area contributed by atoms with Crippen molar-refractivity contribution in [2.24, 2.45) is 0 Å². The summed E-state index contributed by atoms with van der Waals surface area (Å²) in [6.45, 7) is 4.79. The number of pyridine rings is 1. The fourth-order valence-electron chi connectivity index (χ4n) is 2.95. The van der Waals surface area contributed by atoms with Crippen LogP contribution in [0.2, 0.25) is 0 Å². The van der Waals surface area contributed by atoms with Crippen LogP contribution in [0.4, 0.5) is 0 Å². The zero-order valence-corrected chi connectivity index (χ0v) is 15.2. The third kappa shape index (κ3) is 4.39. The summed E-state index contributed by atoms with van der Waals surface area (Å²) in [6.07, 6.45) is 0.725. The van der Waals surface area contributed by atoms with Crippen LogP contribution in [0.25, 0.3) is 10.9 Å². The standard InChI is InChI=1S/C22H24N2O2/c1-15(2)17-8-10-20-19(12-17)13-18(22(26)24-20)9-11-21(25)23-14-16-6-4-3-5-7-16/h3-8,10,12-13,15H,9,11,14H2,1-2H3,(H,23,25)(H,24,26). The van der Waals surface area contributed by atoms with Crippen molar-refractivity contribution >= 4 is 16.8 Å². The molecule has 4 nitrogen and oxygen atoms in total. The van der Waals surface area contributed by atoms with Gasteiger partial charge in [0.2, 0.25) is 5.91 Å². The number of aromatic nitrogens is 1. The average molecular weight is 348 g/mol. The van der Waals surface area contributed by atoms with E-state index in [0.717, 1.165) is 16.5 Å². The lowest BCUT2D eigenvalue weighted by atomic mass is 10.00. The van der Waals surface area contributed by atoms with Gasteiger partial charge in [-0.05, 0) is 47.1 Å². The summed E-state index contributed by atoms with van der Waals surface area (Å²) in [7, 11) is 0. The van der Waals surface area contributed by atoms with E-state index in [1.165, 1.54) is 5.56 Å². The van der Waals surface area contributed by atoms with E-state index in [2.05, 4.69) is 30.2 Å². The van der Waals surface area contributed by atoms with Crippen molar-refractivity contribution in [2.45, 2.75) is 39.2 Å². The zero-order valence-electron chi connectivity index (χ0n) is 15.2. The third-order valence-electron chi connectivity index (χ3n) is 4.57. The SMILES string of the molecule is CC(C)c1ccc2[nH]c(=O)c(CCC(=O)NCc3ccccc3)cc2c1. The number of aromatic amines is 1. The smallest absolute Gasteiger partial charge is 0.251 e. The second-order valence-corrected chi connectivity index (χ2v) is 6.89. The zero-order chi connectivity index (χ0) is 18.5. The first-order chi connectivity index (χ1) is 12.5. The Balaban J connectivity index is 1.67.